The van der Waals surface area contributed by atoms with E-state index in [4.69, 9.17) is 6.42 Å². The fraction of sp³-hybridized carbons (Fsp3) is 0.118. The summed E-state index contributed by atoms with van der Waals surface area (Å²) in [5, 5.41) is 9.77. The molecule has 19 heavy (non-hydrogen) atoms. The number of carboxylic acids is 1. The molecule has 0 aliphatic rings. The molecule has 0 aliphatic heterocycles. The second-order valence-electron chi connectivity index (χ2n) is 4.32. The first-order valence-electron chi connectivity index (χ1n) is 5.99. The predicted molar refractivity (Wildman–Crippen MR) is 74.7 cm³/mol. The van der Waals surface area contributed by atoms with Crippen LogP contribution in [0.4, 0.5) is 0 Å². The van der Waals surface area contributed by atoms with Gasteiger partial charge >= 0.3 is 5.97 Å². The Morgan fingerprint density at radius 2 is 1.42 bits per heavy atom. The molecule has 2 nitrogen and oxygen atoms in total. The maximum Gasteiger partial charge on any atom is 0.319 e. The van der Waals surface area contributed by atoms with E-state index in [-0.39, 0.29) is 6.42 Å². The molecule has 0 saturated carbocycles. The monoisotopic (exact) mass is 250 g/mol. The summed E-state index contributed by atoms with van der Waals surface area (Å²) in [5.41, 5.74) is 0.218. The smallest absolute Gasteiger partial charge is 0.319 e. The number of benzene rings is 2. The van der Waals surface area contributed by atoms with Crippen molar-refractivity contribution < 1.29 is 9.90 Å². The fourth-order valence-electron chi connectivity index (χ4n) is 2.29. The summed E-state index contributed by atoms with van der Waals surface area (Å²) >= 11 is 0. The molecule has 0 atom stereocenters. The van der Waals surface area contributed by atoms with E-state index in [9.17, 15) is 9.90 Å². The van der Waals surface area contributed by atoms with Crippen LogP contribution in [0.2, 0.25) is 0 Å². The van der Waals surface area contributed by atoms with Gasteiger partial charge in [0, 0.05) is 6.42 Å². The summed E-state index contributed by atoms with van der Waals surface area (Å²) in [4.78, 5) is 11.9. The fourth-order valence-corrected chi connectivity index (χ4v) is 2.29. The van der Waals surface area contributed by atoms with Crippen LogP contribution in [0.5, 0.6) is 0 Å². The lowest BCUT2D eigenvalue weighted by atomic mass is 9.72. The molecule has 0 heterocycles. The van der Waals surface area contributed by atoms with Gasteiger partial charge in [0.25, 0.3) is 0 Å². The molecule has 1 N–H and O–H groups in total. The predicted octanol–water partition coefficient (Wildman–Crippen LogP) is 3.08. The summed E-state index contributed by atoms with van der Waals surface area (Å²) in [6.45, 7) is 0. The van der Waals surface area contributed by atoms with E-state index < -0.39 is 11.4 Å². The summed E-state index contributed by atoms with van der Waals surface area (Å²) in [7, 11) is 0. The molecule has 2 heteroatoms. The first-order valence-corrected chi connectivity index (χ1v) is 5.99. The standard InChI is InChI=1S/C17H14O2/c1-2-13-17(16(18)19,14-9-5-3-6-10-14)15-11-7-4-8-12-15/h1,3-12H,13H2,(H,18,19). The van der Waals surface area contributed by atoms with Crippen LogP contribution in [0.3, 0.4) is 0 Å². The van der Waals surface area contributed by atoms with Gasteiger partial charge in [-0.2, -0.15) is 0 Å². The SMILES string of the molecule is C#CCC(C(=O)O)(c1ccccc1)c1ccccc1. The normalized spacial score (nSPS) is 10.7. The van der Waals surface area contributed by atoms with Crippen molar-refractivity contribution in [3.8, 4) is 12.3 Å². The molecule has 2 aromatic rings. The van der Waals surface area contributed by atoms with Crippen LogP contribution in [0.1, 0.15) is 17.5 Å². The quantitative estimate of drug-likeness (QED) is 0.847. The highest BCUT2D eigenvalue weighted by Crippen LogP contribution is 2.35. The van der Waals surface area contributed by atoms with E-state index in [0.717, 1.165) is 0 Å². The Kier molecular flexibility index (Phi) is 3.68. The number of hydrogen-bond donors (Lipinski definition) is 1. The highest BCUT2D eigenvalue weighted by Gasteiger charge is 2.41. The number of hydrogen-bond acceptors (Lipinski definition) is 1. The van der Waals surface area contributed by atoms with Crippen molar-refractivity contribution in [1.29, 1.82) is 0 Å². The van der Waals surface area contributed by atoms with Gasteiger partial charge in [0.2, 0.25) is 0 Å². The summed E-state index contributed by atoms with van der Waals surface area (Å²) < 4.78 is 0. The molecule has 2 rings (SSSR count). The van der Waals surface area contributed by atoms with E-state index in [1.54, 1.807) is 24.3 Å². The van der Waals surface area contributed by atoms with E-state index in [1.165, 1.54) is 0 Å². The van der Waals surface area contributed by atoms with Crippen molar-refractivity contribution in [2.45, 2.75) is 11.8 Å². The van der Waals surface area contributed by atoms with Crippen molar-refractivity contribution in [2.75, 3.05) is 0 Å². The van der Waals surface area contributed by atoms with Crippen LogP contribution >= 0.6 is 0 Å². The lowest BCUT2D eigenvalue weighted by Gasteiger charge is -2.28. The van der Waals surface area contributed by atoms with Crippen LogP contribution in [-0.4, -0.2) is 11.1 Å². The van der Waals surface area contributed by atoms with Crippen molar-refractivity contribution in [3.63, 3.8) is 0 Å². The van der Waals surface area contributed by atoms with Gasteiger partial charge in [-0.15, -0.1) is 12.3 Å². The highest BCUT2D eigenvalue weighted by atomic mass is 16.4. The highest BCUT2D eigenvalue weighted by molar-refractivity contribution is 5.86. The maximum atomic E-state index is 11.9. The Morgan fingerprint density at radius 1 is 1.00 bits per heavy atom. The van der Waals surface area contributed by atoms with Crippen molar-refractivity contribution in [1.82, 2.24) is 0 Å². The summed E-state index contributed by atoms with van der Waals surface area (Å²) in [5.74, 6) is 1.58. The molecule has 0 spiro atoms. The van der Waals surface area contributed by atoms with Gasteiger partial charge in [0.05, 0.1) is 0 Å². The van der Waals surface area contributed by atoms with Gasteiger partial charge in [0.15, 0.2) is 0 Å². The van der Waals surface area contributed by atoms with Crippen LogP contribution < -0.4 is 0 Å². The van der Waals surface area contributed by atoms with Crippen molar-refractivity contribution in [3.05, 3.63) is 71.8 Å². The van der Waals surface area contributed by atoms with Crippen molar-refractivity contribution >= 4 is 5.97 Å². The molecule has 0 aliphatic carbocycles. The van der Waals surface area contributed by atoms with Gasteiger partial charge < -0.3 is 5.11 Å². The number of rotatable bonds is 4. The molecular weight excluding hydrogens is 236 g/mol. The zero-order valence-electron chi connectivity index (χ0n) is 10.4. The van der Waals surface area contributed by atoms with Crippen molar-refractivity contribution in [2.24, 2.45) is 0 Å². The van der Waals surface area contributed by atoms with Crippen LogP contribution in [0.15, 0.2) is 60.7 Å². The lowest BCUT2D eigenvalue weighted by Crippen LogP contribution is -2.36. The molecule has 0 saturated heterocycles. The van der Waals surface area contributed by atoms with Gasteiger partial charge in [-0.3, -0.25) is 4.79 Å². The van der Waals surface area contributed by atoms with Gasteiger partial charge in [-0.25, -0.2) is 0 Å². The van der Waals surface area contributed by atoms with Crippen LogP contribution in [0.25, 0.3) is 0 Å². The summed E-state index contributed by atoms with van der Waals surface area (Å²) in [6.07, 6.45) is 5.54. The third-order valence-corrected chi connectivity index (χ3v) is 3.27. The first kappa shape index (κ1) is 12.9. The minimum Gasteiger partial charge on any atom is -0.480 e. The van der Waals surface area contributed by atoms with E-state index in [2.05, 4.69) is 5.92 Å². The Labute approximate surface area is 112 Å². The molecule has 0 bridgehead atoms. The molecular formula is C17H14O2. The molecule has 0 radical (unpaired) electrons. The van der Waals surface area contributed by atoms with E-state index >= 15 is 0 Å². The maximum absolute atomic E-state index is 11.9. The minimum absolute atomic E-state index is 0.121. The Bertz CT molecular complexity index is 555. The van der Waals surface area contributed by atoms with Gasteiger partial charge in [-0.05, 0) is 11.1 Å². The average Bonchev–Trinajstić information content (AvgIpc) is 2.46. The Balaban J connectivity index is 2.69. The van der Waals surface area contributed by atoms with Crippen LogP contribution in [-0.2, 0) is 10.2 Å². The second kappa shape index (κ2) is 5.41. The second-order valence-corrected chi connectivity index (χ2v) is 4.32. The number of carbonyl (C=O) groups is 1. The average molecular weight is 250 g/mol. The number of aliphatic carboxylic acids is 1. The lowest BCUT2D eigenvalue weighted by molar-refractivity contribution is -0.142. The molecule has 0 unspecified atom stereocenters. The molecule has 2 aromatic carbocycles. The zero-order chi connectivity index (χ0) is 13.7. The largest absolute Gasteiger partial charge is 0.480 e. The first-order chi connectivity index (χ1) is 9.21. The van der Waals surface area contributed by atoms with E-state index in [1.807, 2.05) is 36.4 Å². The van der Waals surface area contributed by atoms with Crippen LogP contribution in [0, 0.1) is 12.3 Å². The Morgan fingerprint density at radius 3 is 1.74 bits per heavy atom. The minimum atomic E-state index is -1.18. The molecule has 0 fully saturated rings. The molecule has 0 aromatic heterocycles. The number of carboxylic acid groups (broad SMARTS) is 1. The topological polar surface area (TPSA) is 37.3 Å². The van der Waals surface area contributed by atoms with Gasteiger partial charge in [-0.1, -0.05) is 60.7 Å². The third-order valence-electron chi connectivity index (χ3n) is 3.27. The zero-order valence-corrected chi connectivity index (χ0v) is 10.4. The Hall–Kier alpha value is -2.53. The molecule has 0 amide bonds. The van der Waals surface area contributed by atoms with E-state index in [0.29, 0.717) is 11.1 Å². The third kappa shape index (κ3) is 2.23. The summed E-state index contributed by atoms with van der Waals surface area (Å²) in [6, 6.07) is 18.2. The molecule has 94 valence electrons. The van der Waals surface area contributed by atoms with Gasteiger partial charge in [0.1, 0.15) is 5.41 Å². The number of terminal acetylenes is 1.